The first-order valence-electron chi connectivity index (χ1n) is 5.87. The molecule has 0 amide bonds. The molecule has 0 saturated heterocycles. The molecule has 0 radical (unpaired) electrons. The quantitative estimate of drug-likeness (QED) is 0.782. The Kier molecular flexibility index (Phi) is 3.23. The van der Waals surface area contributed by atoms with Crippen molar-refractivity contribution in [2.24, 2.45) is 0 Å². The summed E-state index contributed by atoms with van der Waals surface area (Å²) >= 11 is 3.32. The number of anilines is 1. The van der Waals surface area contributed by atoms with Crippen molar-refractivity contribution >= 4 is 21.6 Å². The molecule has 0 aliphatic heterocycles. The van der Waals surface area contributed by atoms with Crippen LogP contribution in [0.25, 0.3) is 17.1 Å². The number of hydrogen-bond acceptors (Lipinski definition) is 3. The van der Waals surface area contributed by atoms with Crippen molar-refractivity contribution in [2.75, 3.05) is 5.73 Å². The van der Waals surface area contributed by atoms with Crippen LogP contribution >= 0.6 is 15.9 Å². The van der Waals surface area contributed by atoms with Crippen molar-refractivity contribution in [3.63, 3.8) is 0 Å². The van der Waals surface area contributed by atoms with Crippen molar-refractivity contribution in [3.8, 4) is 17.1 Å². The van der Waals surface area contributed by atoms with Crippen molar-refractivity contribution in [1.82, 2.24) is 14.8 Å². The van der Waals surface area contributed by atoms with Crippen molar-refractivity contribution in [1.29, 1.82) is 0 Å². The summed E-state index contributed by atoms with van der Waals surface area (Å²) in [6, 6.07) is 10.0. The molecule has 0 fully saturated rings. The Morgan fingerprint density at radius 2 is 1.95 bits per heavy atom. The fourth-order valence-electron chi connectivity index (χ4n) is 1.87. The van der Waals surface area contributed by atoms with Gasteiger partial charge in [-0.3, -0.25) is 0 Å². The third kappa shape index (κ3) is 2.30. The predicted octanol–water partition coefficient (Wildman–Crippen LogP) is 3.42. The van der Waals surface area contributed by atoms with Crippen molar-refractivity contribution < 1.29 is 4.39 Å². The summed E-state index contributed by atoms with van der Waals surface area (Å²) in [6.07, 6.45) is 3.29. The fourth-order valence-corrected chi connectivity index (χ4v) is 2.11. The lowest BCUT2D eigenvalue weighted by Gasteiger charge is -2.01. The van der Waals surface area contributed by atoms with Gasteiger partial charge < -0.3 is 5.73 Å². The number of halogens is 2. The van der Waals surface area contributed by atoms with Crippen LogP contribution in [0.5, 0.6) is 0 Å². The SMILES string of the molecule is Nc1cn(-c2ccc(Br)cn2)nc1-c1ccccc1F. The molecule has 0 aliphatic carbocycles. The van der Waals surface area contributed by atoms with E-state index in [-0.39, 0.29) is 5.82 Å². The molecule has 1 aromatic carbocycles. The topological polar surface area (TPSA) is 56.7 Å². The van der Waals surface area contributed by atoms with E-state index in [1.165, 1.54) is 10.7 Å². The lowest BCUT2D eigenvalue weighted by Crippen LogP contribution is -1.97. The standard InChI is InChI=1S/C14H10BrFN4/c15-9-5-6-13(18-7-9)20-8-12(17)14(19-20)10-3-1-2-4-11(10)16/h1-8H,17H2. The summed E-state index contributed by atoms with van der Waals surface area (Å²) in [5, 5.41) is 4.31. The molecule has 3 rings (SSSR count). The van der Waals surface area contributed by atoms with E-state index in [0.29, 0.717) is 22.8 Å². The maximum absolute atomic E-state index is 13.8. The van der Waals surface area contributed by atoms with Gasteiger partial charge in [0.1, 0.15) is 11.5 Å². The van der Waals surface area contributed by atoms with E-state index in [2.05, 4.69) is 26.0 Å². The Labute approximate surface area is 123 Å². The van der Waals surface area contributed by atoms with Gasteiger partial charge in [-0.15, -0.1) is 0 Å². The summed E-state index contributed by atoms with van der Waals surface area (Å²) in [6.45, 7) is 0. The smallest absolute Gasteiger partial charge is 0.153 e. The number of benzene rings is 1. The second-order valence-corrected chi connectivity index (χ2v) is 5.11. The molecule has 0 unspecified atom stereocenters. The predicted molar refractivity (Wildman–Crippen MR) is 78.9 cm³/mol. The largest absolute Gasteiger partial charge is 0.396 e. The highest BCUT2D eigenvalue weighted by Crippen LogP contribution is 2.27. The Hall–Kier alpha value is -2.21. The molecule has 3 aromatic rings. The summed E-state index contributed by atoms with van der Waals surface area (Å²) in [4.78, 5) is 4.22. The second kappa shape index (κ2) is 5.05. The van der Waals surface area contributed by atoms with Crippen LogP contribution < -0.4 is 5.73 Å². The lowest BCUT2D eigenvalue weighted by molar-refractivity contribution is 0.630. The minimum absolute atomic E-state index is 0.354. The zero-order valence-electron chi connectivity index (χ0n) is 10.3. The molecule has 0 bridgehead atoms. The summed E-state index contributed by atoms with van der Waals surface area (Å²) in [5.41, 5.74) is 7.11. The Bertz CT molecular complexity index is 752. The van der Waals surface area contributed by atoms with Gasteiger partial charge in [0, 0.05) is 16.2 Å². The third-order valence-electron chi connectivity index (χ3n) is 2.82. The van der Waals surface area contributed by atoms with E-state index >= 15 is 0 Å². The number of nitrogens with two attached hydrogens (primary N) is 1. The highest BCUT2D eigenvalue weighted by atomic mass is 79.9. The molecule has 20 heavy (non-hydrogen) atoms. The number of nitrogens with zero attached hydrogens (tertiary/aromatic N) is 3. The van der Waals surface area contributed by atoms with Gasteiger partial charge in [0.15, 0.2) is 5.82 Å². The summed E-state index contributed by atoms with van der Waals surface area (Å²) in [7, 11) is 0. The van der Waals surface area contributed by atoms with Gasteiger partial charge in [-0.2, -0.15) is 5.10 Å². The average molecular weight is 333 g/mol. The first-order valence-corrected chi connectivity index (χ1v) is 6.66. The maximum Gasteiger partial charge on any atom is 0.153 e. The molecule has 4 nitrogen and oxygen atoms in total. The number of aromatic nitrogens is 3. The summed E-state index contributed by atoms with van der Waals surface area (Å²) < 4.78 is 16.2. The van der Waals surface area contributed by atoms with Gasteiger partial charge in [0.05, 0.1) is 11.9 Å². The number of rotatable bonds is 2. The first-order chi connectivity index (χ1) is 9.65. The van der Waals surface area contributed by atoms with Crippen molar-refractivity contribution in [3.05, 3.63) is 59.1 Å². The molecule has 0 aliphatic rings. The van der Waals surface area contributed by atoms with Crippen LogP contribution in [0.15, 0.2) is 53.3 Å². The highest BCUT2D eigenvalue weighted by Gasteiger charge is 2.13. The molecule has 100 valence electrons. The molecule has 2 N–H and O–H groups in total. The average Bonchev–Trinajstić information content (AvgIpc) is 2.82. The Morgan fingerprint density at radius 1 is 1.15 bits per heavy atom. The molecule has 2 aromatic heterocycles. The minimum Gasteiger partial charge on any atom is -0.396 e. The van der Waals surface area contributed by atoms with Gasteiger partial charge in [0.2, 0.25) is 0 Å². The first kappa shape index (κ1) is 12.8. The molecule has 0 saturated carbocycles. The van der Waals surface area contributed by atoms with Crippen LogP contribution in [0, 0.1) is 5.82 Å². The molecule has 0 atom stereocenters. The molecule has 0 spiro atoms. The monoisotopic (exact) mass is 332 g/mol. The second-order valence-electron chi connectivity index (χ2n) is 4.19. The zero-order chi connectivity index (χ0) is 14.1. The van der Waals surface area contributed by atoms with Crippen LogP contribution in [-0.2, 0) is 0 Å². The van der Waals surface area contributed by atoms with Crippen LogP contribution in [0.3, 0.4) is 0 Å². The van der Waals surface area contributed by atoms with E-state index in [1.54, 1.807) is 36.7 Å². The highest BCUT2D eigenvalue weighted by molar-refractivity contribution is 9.10. The van der Waals surface area contributed by atoms with Gasteiger partial charge in [-0.05, 0) is 40.2 Å². The Balaban J connectivity index is 2.08. The van der Waals surface area contributed by atoms with Gasteiger partial charge in [-0.25, -0.2) is 14.1 Å². The molecular weight excluding hydrogens is 323 g/mol. The number of pyridine rings is 1. The van der Waals surface area contributed by atoms with E-state index in [4.69, 9.17) is 5.73 Å². The van der Waals surface area contributed by atoms with E-state index < -0.39 is 0 Å². The van der Waals surface area contributed by atoms with Gasteiger partial charge >= 0.3 is 0 Å². The zero-order valence-corrected chi connectivity index (χ0v) is 11.9. The third-order valence-corrected chi connectivity index (χ3v) is 3.29. The van der Waals surface area contributed by atoms with Crippen LogP contribution in [0.4, 0.5) is 10.1 Å². The number of nitrogen functional groups attached to an aromatic ring is 1. The van der Waals surface area contributed by atoms with Crippen molar-refractivity contribution in [2.45, 2.75) is 0 Å². The van der Waals surface area contributed by atoms with Gasteiger partial charge in [-0.1, -0.05) is 12.1 Å². The lowest BCUT2D eigenvalue weighted by atomic mass is 10.1. The van der Waals surface area contributed by atoms with E-state index in [1.807, 2.05) is 6.07 Å². The number of hydrogen-bond donors (Lipinski definition) is 1. The van der Waals surface area contributed by atoms with E-state index in [9.17, 15) is 4.39 Å². The molecular formula is C14H10BrFN4. The van der Waals surface area contributed by atoms with Crippen LogP contribution in [-0.4, -0.2) is 14.8 Å². The van der Waals surface area contributed by atoms with Gasteiger partial charge in [0.25, 0.3) is 0 Å². The summed E-state index contributed by atoms with van der Waals surface area (Å²) in [5.74, 6) is 0.260. The van der Waals surface area contributed by atoms with Crippen LogP contribution in [0.1, 0.15) is 0 Å². The normalized spacial score (nSPS) is 10.7. The fraction of sp³-hybridized carbons (Fsp3) is 0. The Morgan fingerprint density at radius 3 is 2.65 bits per heavy atom. The maximum atomic E-state index is 13.8. The molecule has 2 heterocycles. The minimum atomic E-state index is -0.354. The van der Waals surface area contributed by atoms with Crippen LogP contribution in [0.2, 0.25) is 0 Å². The van der Waals surface area contributed by atoms with E-state index in [0.717, 1.165) is 4.47 Å². The molecule has 6 heteroatoms.